The molecule has 1 aliphatic rings. The lowest BCUT2D eigenvalue weighted by molar-refractivity contribution is 0.280. The van der Waals surface area contributed by atoms with Crippen molar-refractivity contribution in [3.05, 3.63) is 35.6 Å². The maximum atomic E-state index is 6.18. The van der Waals surface area contributed by atoms with E-state index in [4.69, 9.17) is 4.74 Å². The number of nitrogens with zero attached hydrogens (tertiary/aromatic N) is 1. The van der Waals surface area contributed by atoms with E-state index in [9.17, 15) is 0 Å². The van der Waals surface area contributed by atoms with Crippen LogP contribution in [0.5, 0.6) is 5.75 Å². The number of fused-ring (bicyclic) bond motifs is 1. The van der Waals surface area contributed by atoms with Gasteiger partial charge < -0.3 is 9.64 Å². The number of ether oxygens (including phenoxy) is 1. The third kappa shape index (κ3) is 2.84. The Morgan fingerprint density at radius 2 is 1.80 bits per heavy atom. The monoisotopic (exact) mass is 273 g/mol. The van der Waals surface area contributed by atoms with Gasteiger partial charge in [0.15, 0.2) is 0 Å². The summed E-state index contributed by atoms with van der Waals surface area (Å²) in [7, 11) is 0. The predicted molar refractivity (Wildman–Crippen MR) is 86.6 cm³/mol. The average molecular weight is 273 g/mol. The first-order valence-corrected chi connectivity index (χ1v) is 7.65. The SMILES string of the molecule is CCN(CC)c1ccc2c(c1)OC(C(C)(C)C)=CC2C. The number of hydrogen-bond donors (Lipinski definition) is 0. The van der Waals surface area contributed by atoms with Crippen LogP contribution in [0.3, 0.4) is 0 Å². The highest BCUT2D eigenvalue weighted by atomic mass is 16.5. The molecule has 0 saturated carbocycles. The van der Waals surface area contributed by atoms with Crippen molar-refractivity contribution in [3.8, 4) is 5.75 Å². The fourth-order valence-electron chi connectivity index (χ4n) is 2.65. The Bertz CT molecular complexity index is 507. The van der Waals surface area contributed by atoms with E-state index in [1.807, 2.05) is 0 Å². The van der Waals surface area contributed by atoms with Crippen LogP contribution in [0.25, 0.3) is 0 Å². The molecule has 1 aromatic carbocycles. The van der Waals surface area contributed by atoms with Crippen LogP contribution in [0, 0.1) is 5.41 Å². The van der Waals surface area contributed by atoms with Crippen LogP contribution in [0.1, 0.15) is 53.0 Å². The zero-order valence-corrected chi connectivity index (χ0v) is 13.7. The van der Waals surface area contributed by atoms with Gasteiger partial charge in [0.2, 0.25) is 0 Å². The molecule has 1 aliphatic heterocycles. The second-order valence-corrected chi connectivity index (χ2v) is 6.57. The topological polar surface area (TPSA) is 12.5 Å². The zero-order chi connectivity index (χ0) is 14.9. The minimum atomic E-state index is 0.0527. The molecular formula is C18H27NO. The van der Waals surface area contributed by atoms with E-state index in [1.54, 1.807) is 0 Å². The Balaban J connectivity index is 2.37. The lowest BCUT2D eigenvalue weighted by atomic mass is 9.87. The van der Waals surface area contributed by atoms with E-state index in [1.165, 1.54) is 11.3 Å². The van der Waals surface area contributed by atoms with Gasteiger partial charge in [-0.2, -0.15) is 0 Å². The zero-order valence-electron chi connectivity index (χ0n) is 13.7. The van der Waals surface area contributed by atoms with E-state index in [0.717, 1.165) is 24.6 Å². The van der Waals surface area contributed by atoms with Crippen LogP contribution < -0.4 is 9.64 Å². The summed E-state index contributed by atoms with van der Waals surface area (Å²) in [4.78, 5) is 2.35. The molecule has 0 saturated heterocycles. The lowest BCUT2D eigenvalue weighted by Crippen LogP contribution is -2.23. The smallest absolute Gasteiger partial charge is 0.132 e. The minimum absolute atomic E-state index is 0.0527. The average Bonchev–Trinajstić information content (AvgIpc) is 2.38. The maximum Gasteiger partial charge on any atom is 0.132 e. The largest absolute Gasteiger partial charge is 0.461 e. The van der Waals surface area contributed by atoms with E-state index in [-0.39, 0.29) is 5.41 Å². The number of hydrogen-bond acceptors (Lipinski definition) is 2. The molecule has 0 spiro atoms. The highest BCUT2D eigenvalue weighted by Crippen LogP contribution is 2.41. The quantitative estimate of drug-likeness (QED) is 0.772. The van der Waals surface area contributed by atoms with Gasteiger partial charge in [-0.1, -0.05) is 33.8 Å². The van der Waals surface area contributed by atoms with Crippen molar-refractivity contribution < 1.29 is 4.74 Å². The highest BCUT2D eigenvalue weighted by Gasteiger charge is 2.26. The number of benzene rings is 1. The van der Waals surface area contributed by atoms with Crippen LogP contribution in [-0.4, -0.2) is 13.1 Å². The third-order valence-corrected chi connectivity index (χ3v) is 3.98. The summed E-state index contributed by atoms with van der Waals surface area (Å²) >= 11 is 0. The van der Waals surface area contributed by atoms with Crippen LogP contribution >= 0.6 is 0 Å². The summed E-state index contributed by atoms with van der Waals surface area (Å²) in [6.45, 7) is 15.3. The Kier molecular flexibility index (Phi) is 4.12. The van der Waals surface area contributed by atoms with Gasteiger partial charge in [0.1, 0.15) is 11.5 Å². The van der Waals surface area contributed by atoms with Crippen LogP contribution in [0.15, 0.2) is 30.0 Å². The van der Waals surface area contributed by atoms with E-state index < -0.39 is 0 Å². The van der Waals surface area contributed by atoms with Gasteiger partial charge in [0.05, 0.1) is 0 Å². The molecule has 2 nitrogen and oxygen atoms in total. The summed E-state index contributed by atoms with van der Waals surface area (Å²) in [5, 5.41) is 0. The van der Waals surface area contributed by atoms with E-state index in [2.05, 4.69) is 70.7 Å². The molecule has 0 aliphatic carbocycles. The van der Waals surface area contributed by atoms with Gasteiger partial charge in [-0.15, -0.1) is 0 Å². The Labute approximate surface area is 123 Å². The molecule has 0 amide bonds. The Morgan fingerprint density at radius 3 is 2.35 bits per heavy atom. The molecule has 0 aromatic heterocycles. The van der Waals surface area contributed by atoms with Gasteiger partial charge in [0, 0.05) is 41.7 Å². The predicted octanol–water partition coefficient (Wildman–Crippen LogP) is 4.96. The molecule has 1 heterocycles. The summed E-state index contributed by atoms with van der Waals surface area (Å²) in [5.41, 5.74) is 2.59. The van der Waals surface area contributed by atoms with Gasteiger partial charge in [-0.25, -0.2) is 0 Å². The minimum Gasteiger partial charge on any atom is -0.461 e. The fourth-order valence-corrected chi connectivity index (χ4v) is 2.65. The summed E-state index contributed by atoms with van der Waals surface area (Å²) < 4.78 is 6.18. The standard InChI is InChI=1S/C18H27NO/c1-7-19(8-2)14-9-10-15-13(3)11-17(18(4,5)6)20-16(15)12-14/h9-13H,7-8H2,1-6H3. The van der Waals surface area contributed by atoms with Crippen LogP contribution in [0.2, 0.25) is 0 Å². The molecular weight excluding hydrogens is 246 g/mol. The first-order valence-electron chi connectivity index (χ1n) is 7.65. The molecule has 1 aromatic rings. The van der Waals surface area contributed by atoms with E-state index >= 15 is 0 Å². The molecule has 20 heavy (non-hydrogen) atoms. The molecule has 0 bridgehead atoms. The highest BCUT2D eigenvalue weighted by molar-refractivity contribution is 5.56. The van der Waals surface area contributed by atoms with Crippen molar-refractivity contribution in [3.63, 3.8) is 0 Å². The molecule has 1 atom stereocenters. The molecule has 0 radical (unpaired) electrons. The van der Waals surface area contributed by atoms with Crippen LogP contribution in [-0.2, 0) is 0 Å². The van der Waals surface area contributed by atoms with Crippen LogP contribution in [0.4, 0.5) is 5.69 Å². The van der Waals surface area contributed by atoms with Crippen molar-refractivity contribution in [2.75, 3.05) is 18.0 Å². The molecule has 2 heteroatoms. The maximum absolute atomic E-state index is 6.18. The summed E-state index contributed by atoms with van der Waals surface area (Å²) in [6.07, 6.45) is 2.25. The summed E-state index contributed by atoms with van der Waals surface area (Å²) in [6, 6.07) is 6.61. The second-order valence-electron chi connectivity index (χ2n) is 6.57. The van der Waals surface area contributed by atoms with Crippen molar-refractivity contribution in [1.29, 1.82) is 0 Å². The second kappa shape index (κ2) is 5.51. The van der Waals surface area contributed by atoms with Crippen molar-refractivity contribution in [1.82, 2.24) is 0 Å². The van der Waals surface area contributed by atoms with Gasteiger partial charge in [0.25, 0.3) is 0 Å². The van der Waals surface area contributed by atoms with Crippen molar-refractivity contribution >= 4 is 5.69 Å². The number of allylic oxidation sites excluding steroid dienone is 2. The van der Waals surface area contributed by atoms with Gasteiger partial charge in [-0.3, -0.25) is 0 Å². The number of anilines is 1. The third-order valence-electron chi connectivity index (χ3n) is 3.98. The fraction of sp³-hybridized carbons (Fsp3) is 0.556. The Hall–Kier alpha value is -1.44. The summed E-state index contributed by atoms with van der Waals surface area (Å²) in [5.74, 6) is 2.52. The van der Waals surface area contributed by atoms with Gasteiger partial charge >= 0.3 is 0 Å². The Morgan fingerprint density at radius 1 is 1.15 bits per heavy atom. The van der Waals surface area contributed by atoms with Crippen molar-refractivity contribution in [2.45, 2.75) is 47.5 Å². The molecule has 0 N–H and O–H groups in total. The lowest BCUT2D eigenvalue weighted by Gasteiger charge is -2.31. The molecule has 0 fully saturated rings. The number of rotatable bonds is 3. The van der Waals surface area contributed by atoms with E-state index in [0.29, 0.717) is 5.92 Å². The first-order chi connectivity index (χ1) is 9.36. The normalized spacial score (nSPS) is 18.1. The molecule has 1 unspecified atom stereocenters. The van der Waals surface area contributed by atoms with Crippen molar-refractivity contribution in [2.24, 2.45) is 5.41 Å². The molecule has 110 valence electrons. The first kappa shape index (κ1) is 15.0. The molecule has 2 rings (SSSR count). The van der Waals surface area contributed by atoms with Gasteiger partial charge in [-0.05, 0) is 26.0 Å².